The van der Waals surface area contributed by atoms with Gasteiger partial charge in [-0.1, -0.05) is 12.8 Å². The molecule has 0 aliphatic heterocycles. The van der Waals surface area contributed by atoms with E-state index in [-0.39, 0.29) is 17.2 Å². The second kappa shape index (κ2) is 5.65. The zero-order chi connectivity index (χ0) is 14.8. The van der Waals surface area contributed by atoms with E-state index in [0.717, 1.165) is 12.8 Å². The molecule has 0 amide bonds. The number of non-ortho nitro benzene ring substituents is 1. The molecule has 112 valence electrons. The van der Waals surface area contributed by atoms with Gasteiger partial charge in [-0.25, -0.2) is 4.63 Å². The van der Waals surface area contributed by atoms with Crippen LogP contribution in [0.5, 0.6) is 0 Å². The number of anilines is 1. The van der Waals surface area contributed by atoms with Gasteiger partial charge in [0.25, 0.3) is 0 Å². The van der Waals surface area contributed by atoms with E-state index in [1.54, 1.807) is 6.07 Å². The van der Waals surface area contributed by atoms with Gasteiger partial charge >= 0.3 is 5.69 Å². The van der Waals surface area contributed by atoms with Crippen LogP contribution >= 0.6 is 0 Å². The molecular weight excluding hydrogens is 274 g/mol. The Hall–Kier alpha value is -2.22. The van der Waals surface area contributed by atoms with Gasteiger partial charge in [-0.2, -0.15) is 0 Å². The molecule has 0 saturated heterocycles. The fourth-order valence-corrected chi connectivity index (χ4v) is 3.05. The number of nitrogens with two attached hydrogens (primary N) is 1. The lowest BCUT2D eigenvalue weighted by Crippen LogP contribution is -2.35. The van der Waals surface area contributed by atoms with Crippen molar-refractivity contribution in [1.82, 2.24) is 10.3 Å². The molecule has 1 aliphatic carbocycles. The maximum atomic E-state index is 11.0. The number of benzene rings is 1. The molecule has 1 aromatic carbocycles. The van der Waals surface area contributed by atoms with Crippen molar-refractivity contribution in [1.29, 1.82) is 0 Å². The Balaban J connectivity index is 1.91. The third-order valence-electron chi connectivity index (χ3n) is 4.15. The number of nitrogens with zero attached hydrogens (tertiary/aromatic N) is 3. The Morgan fingerprint density at radius 1 is 1.38 bits per heavy atom. The Morgan fingerprint density at radius 2 is 2.10 bits per heavy atom. The maximum absolute atomic E-state index is 11.0. The van der Waals surface area contributed by atoms with Gasteiger partial charge < -0.3 is 11.1 Å². The zero-order valence-corrected chi connectivity index (χ0v) is 11.5. The highest BCUT2D eigenvalue weighted by molar-refractivity contribution is 5.93. The lowest BCUT2D eigenvalue weighted by atomic mass is 9.98. The van der Waals surface area contributed by atoms with E-state index in [4.69, 9.17) is 5.73 Å². The third kappa shape index (κ3) is 2.54. The van der Waals surface area contributed by atoms with Gasteiger partial charge in [-0.05, 0) is 35.1 Å². The van der Waals surface area contributed by atoms with E-state index < -0.39 is 4.92 Å². The second-order valence-electron chi connectivity index (χ2n) is 5.38. The van der Waals surface area contributed by atoms with E-state index in [9.17, 15) is 10.1 Å². The summed E-state index contributed by atoms with van der Waals surface area (Å²) in [6.45, 7) is 0.508. The number of nitrogens with one attached hydrogen (secondary N) is 1. The average molecular weight is 291 g/mol. The molecule has 1 aromatic heterocycles. The smallest absolute Gasteiger partial charge is 0.300 e. The quantitative estimate of drug-likeness (QED) is 0.638. The third-order valence-corrected chi connectivity index (χ3v) is 4.15. The molecule has 8 heteroatoms. The lowest BCUT2D eigenvalue weighted by molar-refractivity contribution is -0.383. The van der Waals surface area contributed by atoms with Gasteiger partial charge in [0, 0.05) is 18.7 Å². The van der Waals surface area contributed by atoms with Crippen molar-refractivity contribution in [2.45, 2.75) is 31.7 Å². The summed E-state index contributed by atoms with van der Waals surface area (Å²) in [4.78, 5) is 10.5. The Bertz CT molecular complexity index is 650. The number of nitro benzene ring substituents is 1. The van der Waals surface area contributed by atoms with E-state index in [0.29, 0.717) is 23.7 Å². The van der Waals surface area contributed by atoms with Crippen LogP contribution in [-0.2, 0) is 0 Å². The van der Waals surface area contributed by atoms with Crippen molar-refractivity contribution in [3.05, 3.63) is 22.2 Å². The summed E-state index contributed by atoms with van der Waals surface area (Å²) in [5, 5.41) is 21.7. The summed E-state index contributed by atoms with van der Waals surface area (Å²) >= 11 is 0. The molecule has 1 atom stereocenters. The highest BCUT2D eigenvalue weighted by Gasteiger charge is 2.26. The number of aromatic nitrogens is 2. The molecule has 0 spiro atoms. The average Bonchev–Trinajstić information content (AvgIpc) is 3.15. The van der Waals surface area contributed by atoms with Crippen LogP contribution in [-0.4, -0.2) is 27.8 Å². The highest BCUT2D eigenvalue weighted by Crippen LogP contribution is 2.32. The minimum absolute atomic E-state index is 0.109. The van der Waals surface area contributed by atoms with E-state index in [2.05, 4.69) is 20.3 Å². The number of fused-ring (bicyclic) bond motifs is 1. The Labute approximate surface area is 120 Å². The van der Waals surface area contributed by atoms with Gasteiger partial charge in [0.2, 0.25) is 5.52 Å². The highest BCUT2D eigenvalue weighted by atomic mass is 16.6. The molecule has 1 fully saturated rings. The molecule has 2 aromatic rings. The molecule has 0 radical (unpaired) electrons. The number of nitro groups is 1. The first kappa shape index (κ1) is 13.7. The fraction of sp³-hybridized carbons (Fsp3) is 0.538. The molecular formula is C13H17N5O3. The minimum atomic E-state index is -0.492. The predicted molar refractivity (Wildman–Crippen MR) is 76.9 cm³/mol. The van der Waals surface area contributed by atoms with E-state index in [1.165, 1.54) is 18.9 Å². The SMILES string of the molecule is NCC(Nc1ccc([N+](=O)[O-])c2nonc12)C1CCCC1. The molecule has 1 saturated carbocycles. The fourth-order valence-electron chi connectivity index (χ4n) is 3.05. The van der Waals surface area contributed by atoms with Gasteiger partial charge in [0.1, 0.15) is 0 Å². The normalized spacial score (nSPS) is 17.2. The summed E-state index contributed by atoms with van der Waals surface area (Å²) in [7, 11) is 0. The lowest BCUT2D eigenvalue weighted by Gasteiger charge is -2.24. The van der Waals surface area contributed by atoms with Crippen LogP contribution in [0.15, 0.2) is 16.8 Å². The van der Waals surface area contributed by atoms with Crippen molar-refractivity contribution in [2.24, 2.45) is 11.7 Å². The van der Waals surface area contributed by atoms with Gasteiger partial charge in [0.05, 0.1) is 10.6 Å². The Kier molecular flexibility index (Phi) is 3.70. The Morgan fingerprint density at radius 3 is 2.76 bits per heavy atom. The zero-order valence-electron chi connectivity index (χ0n) is 11.5. The summed E-state index contributed by atoms with van der Waals surface area (Å²) in [5.74, 6) is 0.528. The van der Waals surface area contributed by atoms with Crippen LogP contribution in [0.3, 0.4) is 0 Å². The van der Waals surface area contributed by atoms with Crippen molar-refractivity contribution in [3.8, 4) is 0 Å². The minimum Gasteiger partial charge on any atom is -0.379 e. The van der Waals surface area contributed by atoms with Crippen LogP contribution in [0.2, 0.25) is 0 Å². The first-order valence-electron chi connectivity index (χ1n) is 7.07. The first-order chi connectivity index (χ1) is 10.2. The molecule has 3 N–H and O–H groups in total. The van der Waals surface area contributed by atoms with Crippen molar-refractivity contribution in [2.75, 3.05) is 11.9 Å². The molecule has 1 unspecified atom stereocenters. The molecule has 0 bridgehead atoms. The predicted octanol–water partition coefficient (Wildman–Crippen LogP) is 2.06. The van der Waals surface area contributed by atoms with Gasteiger partial charge in [-0.3, -0.25) is 10.1 Å². The largest absolute Gasteiger partial charge is 0.379 e. The van der Waals surface area contributed by atoms with Crippen LogP contribution in [0.4, 0.5) is 11.4 Å². The molecule has 1 aliphatic rings. The standard InChI is InChI=1S/C13H17N5O3/c14-7-10(8-3-1-2-4-8)15-9-5-6-11(18(19)20)13-12(9)16-21-17-13/h5-6,8,10,15H,1-4,7,14H2. The van der Waals surface area contributed by atoms with Crippen LogP contribution in [0, 0.1) is 16.0 Å². The van der Waals surface area contributed by atoms with Gasteiger partial charge in [0.15, 0.2) is 5.52 Å². The topological polar surface area (TPSA) is 120 Å². The molecule has 1 heterocycles. The van der Waals surface area contributed by atoms with Gasteiger partial charge in [-0.15, -0.1) is 0 Å². The van der Waals surface area contributed by atoms with Crippen LogP contribution < -0.4 is 11.1 Å². The monoisotopic (exact) mass is 291 g/mol. The van der Waals surface area contributed by atoms with E-state index in [1.807, 2.05) is 0 Å². The molecule has 8 nitrogen and oxygen atoms in total. The van der Waals surface area contributed by atoms with Crippen LogP contribution in [0.1, 0.15) is 25.7 Å². The van der Waals surface area contributed by atoms with Crippen molar-refractivity contribution in [3.63, 3.8) is 0 Å². The maximum Gasteiger partial charge on any atom is 0.300 e. The van der Waals surface area contributed by atoms with Crippen LogP contribution in [0.25, 0.3) is 11.0 Å². The second-order valence-corrected chi connectivity index (χ2v) is 5.38. The first-order valence-corrected chi connectivity index (χ1v) is 7.07. The number of rotatable bonds is 5. The number of hydrogen-bond donors (Lipinski definition) is 2. The summed E-state index contributed by atoms with van der Waals surface area (Å²) in [6.07, 6.45) is 4.76. The van der Waals surface area contributed by atoms with Crippen molar-refractivity contribution < 1.29 is 9.55 Å². The summed E-state index contributed by atoms with van der Waals surface area (Å²) in [6, 6.07) is 3.19. The van der Waals surface area contributed by atoms with E-state index >= 15 is 0 Å². The summed E-state index contributed by atoms with van der Waals surface area (Å²) < 4.78 is 4.66. The molecule has 21 heavy (non-hydrogen) atoms. The number of hydrogen-bond acceptors (Lipinski definition) is 7. The van der Waals surface area contributed by atoms with Crippen molar-refractivity contribution >= 4 is 22.4 Å². The summed E-state index contributed by atoms with van der Waals surface area (Å²) in [5.41, 5.74) is 6.97. The molecule has 3 rings (SSSR count).